The highest BCUT2D eigenvalue weighted by atomic mass is 16.2. The van der Waals surface area contributed by atoms with E-state index in [0.717, 1.165) is 24.0 Å². The third-order valence-corrected chi connectivity index (χ3v) is 9.45. The van der Waals surface area contributed by atoms with Crippen molar-refractivity contribution in [2.45, 2.75) is 104 Å². The summed E-state index contributed by atoms with van der Waals surface area (Å²) < 4.78 is 0. The number of hydrogen-bond acceptors (Lipinski definition) is 6. The van der Waals surface area contributed by atoms with E-state index in [1.54, 1.807) is 4.90 Å². The summed E-state index contributed by atoms with van der Waals surface area (Å²) in [5.41, 5.74) is 1.60. The van der Waals surface area contributed by atoms with Gasteiger partial charge in [0.1, 0.15) is 5.78 Å². The molecule has 2 aromatic rings. The molecule has 0 radical (unpaired) electrons. The number of carbonyl (C=O) groups excluding carboxylic acids is 5. The lowest BCUT2D eigenvalue weighted by atomic mass is 9.87. The molecule has 8 heteroatoms. The zero-order valence-corrected chi connectivity index (χ0v) is 30.8. The van der Waals surface area contributed by atoms with E-state index in [-0.39, 0.29) is 60.4 Å². The van der Waals surface area contributed by atoms with Gasteiger partial charge in [-0.3, -0.25) is 24.0 Å². The van der Waals surface area contributed by atoms with Gasteiger partial charge in [0.15, 0.2) is 11.6 Å². The second-order valence-electron chi connectivity index (χ2n) is 15.6. The van der Waals surface area contributed by atoms with Crippen LogP contribution in [0.3, 0.4) is 0 Å². The summed E-state index contributed by atoms with van der Waals surface area (Å²) in [5, 5.41) is 6.08. The highest BCUT2D eigenvalue weighted by Crippen LogP contribution is 2.47. The number of benzene rings is 2. The van der Waals surface area contributed by atoms with E-state index in [2.05, 4.69) is 10.6 Å². The van der Waals surface area contributed by atoms with Crippen LogP contribution in [0, 0.1) is 29.1 Å². The molecule has 1 aliphatic carbocycles. The molecule has 1 fully saturated rings. The molecule has 0 heterocycles. The van der Waals surface area contributed by atoms with E-state index in [0.29, 0.717) is 32.1 Å². The molecule has 0 bridgehead atoms. The number of Topliss-reactive ketones (excluding diaryl/α,β-unsaturated/α-hetero) is 3. The minimum Gasteiger partial charge on any atom is -0.346 e. The van der Waals surface area contributed by atoms with Crippen molar-refractivity contribution >= 4 is 29.2 Å². The molecule has 0 spiro atoms. The summed E-state index contributed by atoms with van der Waals surface area (Å²) in [6, 6.07) is 18.0. The van der Waals surface area contributed by atoms with E-state index in [1.165, 1.54) is 0 Å². The van der Waals surface area contributed by atoms with Crippen LogP contribution in [0.25, 0.3) is 0 Å². The van der Waals surface area contributed by atoms with Crippen LogP contribution in [0.5, 0.6) is 0 Å². The van der Waals surface area contributed by atoms with Crippen LogP contribution >= 0.6 is 0 Å². The van der Waals surface area contributed by atoms with Crippen LogP contribution in [0.2, 0.25) is 0 Å². The van der Waals surface area contributed by atoms with Gasteiger partial charge in [-0.15, -0.1) is 0 Å². The van der Waals surface area contributed by atoms with Crippen molar-refractivity contribution in [3.05, 3.63) is 71.8 Å². The summed E-state index contributed by atoms with van der Waals surface area (Å²) in [6.07, 6.45) is 4.04. The summed E-state index contributed by atoms with van der Waals surface area (Å²) in [4.78, 5) is 70.1. The third kappa shape index (κ3) is 13.6. The maximum atomic E-state index is 14.1. The van der Waals surface area contributed by atoms with Gasteiger partial charge in [-0.1, -0.05) is 95.3 Å². The Labute approximate surface area is 294 Å². The van der Waals surface area contributed by atoms with E-state index in [1.807, 2.05) is 109 Å². The quantitative estimate of drug-likeness (QED) is 0.159. The molecule has 8 nitrogen and oxygen atoms in total. The van der Waals surface area contributed by atoms with Crippen molar-refractivity contribution in [2.24, 2.45) is 29.1 Å². The summed E-state index contributed by atoms with van der Waals surface area (Å²) in [5.74, 6) is -1.82. The second kappa shape index (κ2) is 18.9. The first-order chi connectivity index (χ1) is 23.2. The van der Waals surface area contributed by atoms with E-state index in [4.69, 9.17) is 0 Å². The van der Waals surface area contributed by atoms with Gasteiger partial charge in [0.2, 0.25) is 11.8 Å². The predicted octanol–water partition coefficient (Wildman–Crippen LogP) is 6.01. The van der Waals surface area contributed by atoms with Crippen molar-refractivity contribution in [1.29, 1.82) is 0 Å². The Hall–Kier alpha value is -3.65. The van der Waals surface area contributed by atoms with Crippen LogP contribution < -0.4 is 10.6 Å². The Kier molecular flexibility index (Phi) is 15.4. The fraction of sp³-hybridized carbons (Fsp3) is 0.585. The van der Waals surface area contributed by atoms with Crippen molar-refractivity contribution in [3.8, 4) is 0 Å². The smallest absolute Gasteiger partial charge is 0.224 e. The number of ketones is 3. The normalized spacial score (nSPS) is 16.1. The highest BCUT2D eigenvalue weighted by molar-refractivity contribution is 5.97. The van der Waals surface area contributed by atoms with Crippen molar-refractivity contribution < 1.29 is 24.0 Å². The predicted molar refractivity (Wildman–Crippen MR) is 195 cm³/mol. The average molecular weight is 674 g/mol. The second-order valence-corrected chi connectivity index (χ2v) is 15.6. The summed E-state index contributed by atoms with van der Waals surface area (Å²) in [7, 11) is 3.65. The Bertz CT molecular complexity index is 1380. The first-order valence-corrected chi connectivity index (χ1v) is 18.1. The highest BCUT2D eigenvalue weighted by Gasteiger charge is 2.48. The fourth-order valence-electron chi connectivity index (χ4n) is 6.42. The topological polar surface area (TPSA) is 113 Å². The molecule has 4 atom stereocenters. The van der Waals surface area contributed by atoms with Gasteiger partial charge >= 0.3 is 0 Å². The van der Waals surface area contributed by atoms with Gasteiger partial charge in [0, 0.05) is 30.1 Å². The number of rotatable bonds is 22. The molecule has 2 amide bonds. The van der Waals surface area contributed by atoms with Crippen LogP contribution in [0.1, 0.15) is 90.7 Å². The molecule has 3 rings (SSSR count). The molecule has 2 N–H and O–H groups in total. The Morgan fingerprint density at radius 1 is 0.714 bits per heavy atom. The average Bonchev–Trinajstić information content (AvgIpc) is 3.79. The number of nitrogens with one attached hydrogen (secondary N) is 2. The SMILES string of the molecule is CC(C)CC(NC(=O)C(CC(=O)[C@H](CC(C)C)NC(=O)[C@H](CCc1ccccc1)CC(=O)CN(C)C)Cc1ccccc1)C(=O)C1(C)CC1. The molecule has 49 heavy (non-hydrogen) atoms. The fourth-order valence-corrected chi connectivity index (χ4v) is 6.42. The van der Waals surface area contributed by atoms with E-state index in [9.17, 15) is 24.0 Å². The molecule has 268 valence electrons. The van der Waals surface area contributed by atoms with Crippen LogP contribution in [-0.4, -0.2) is 66.8 Å². The van der Waals surface area contributed by atoms with Gasteiger partial charge < -0.3 is 15.5 Å². The largest absolute Gasteiger partial charge is 0.346 e. The summed E-state index contributed by atoms with van der Waals surface area (Å²) in [6.45, 7) is 10.3. The maximum Gasteiger partial charge on any atom is 0.224 e. The van der Waals surface area contributed by atoms with Gasteiger partial charge in [-0.05, 0) is 82.0 Å². The molecule has 1 saturated carbocycles. The maximum absolute atomic E-state index is 14.1. The molecule has 1 aliphatic rings. The van der Waals surface area contributed by atoms with Crippen molar-refractivity contribution in [1.82, 2.24) is 15.5 Å². The van der Waals surface area contributed by atoms with Crippen LogP contribution in [-0.2, 0) is 36.8 Å². The van der Waals surface area contributed by atoms with E-state index >= 15 is 0 Å². The first-order valence-electron chi connectivity index (χ1n) is 18.1. The molecule has 0 saturated heterocycles. The lowest BCUT2D eigenvalue weighted by Gasteiger charge is -2.27. The molecular weight excluding hydrogens is 614 g/mol. The van der Waals surface area contributed by atoms with Gasteiger partial charge in [-0.2, -0.15) is 0 Å². The summed E-state index contributed by atoms with van der Waals surface area (Å²) >= 11 is 0. The van der Waals surface area contributed by atoms with Gasteiger partial charge in [-0.25, -0.2) is 0 Å². The van der Waals surface area contributed by atoms with Crippen molar-refractivity contribution in [3.63, 3.8) is 0 Å². The van der Waals surface area contributed by atoms with E-state index < -0.39 is 29.3 Å². The molecule has 0 aromatic heterocycles. The first kappa shape index (κ1) is 39.8. The number of hydrogen-bond donors (Lipinski definition) is 2. The van der Waals surface area contributed by atoms with Gasteiger partial charge in [0.05, 0.1) is 18.6 Å². The molecule has 0 aliphatic heterocycles. The van der Waals surface area contributed by atoms with Crippen LogP contribution in [0.15, 0.2) is 60.7 Å². The lowest BCUT2D eigenvalue weighted by Crippen LogP contribution is -2.49. The minimum absolute atomic E-state index is 0.0323. The third-order valence-electron chi connectivity index (χ3n) is 9.45. The van der Waals surface area contributed by atoms with Crippen molar-refractivity contribution in [2.75, 3.05) is 20.6 Å². The Morgan fingerprint density at radius 3 is 1.76 bits per heavy atom. The standard InChI is InChI=1S/C41H59N3O5/c1-28(2)22-35(42-39(48)32(25-34(45)27-44(6)7)19-18-30-14-10-8-11-15-30)37(46)26-33(24-31-16-12-9-13-17-31)40(49)43-36(23-29(3)4)38(47)41(5)20-21-41/h8-17,28-29,32-33,35-36H,18-27H2,1-7H3,(H,42,48)(H,43,49)/t32-,33?,35+,36?/m1/s1. The number of nitrogens with zero attached hydrogens (tertiary/aromatic N) is 1. The van der Waals surface area contributed by atoms with Gasteiger partial charge in [0.25, 0.3) is 0 Å². The zero-order valence-electron chi connectivity index (χ0n) is 30.8. The Morgan fingerprint density at radius 2 is 1.22 bits per heavy atom. The van der Waals surface area contributed by atoms with Crippen LogP contribution in [0.4, 0.5) is 0 Å². The molecular formula is C41H59N3O5. The molecule has 2 aromatic carbocycles. The number of carbonyl (C=O) groups is 5. The monoisotopic (exact) mass is 673 g/mol. The minimum atomic E-state index is -0.805. The number of amides is 2. The zero-order chi connectivity index (χ0) is 36.1. The lowest BCUT2D eigenvalue weighted by molar-refractivity contribution is -0.135. The Balaban J connectivity index is 1.82. The number of likely N-dealkylation sites (N-methyl/N-ethyl adjacent to an activating group) is 1. The number of aryl methyl sites for hydroxylation is 1. The molecule has 2 unspecified atom stereocenters.